The fourth-order valence-electron chi connectivity index (χ4n) is 2.62. The summed E-state index contributed by atoms with van der Waals surface area (Å²) in [5, 5.41) is 3.35. The van der Waals surface area contributed by atoms with Gasteiger partial charge in [0.15, 0.2) is 0 Å². The highest BCUT2D eigenvalue weighted by Crippen LogP contribution is 2.25. The van der Waals surface area contributed by atoms with E-state index in [0.717, 1.165) is 21.3 Å². The number of hydrogen-bond acceptors (Lipinski definition) is 2. The van der Waals surface area contributed by atoms with E-state index < -0.39 is 0 Å². The first-order chi connectivity index (χ1) is 12.6. The molecule has 0 saturated carbocycles. The van der Waals surface area contributed by atoms with Crippen LogP contribution in [0.25, 0.3) is 0 Å². The van der Waals surface area contributed by atoms with Gasteiger partial charge in [-0.25, -0.2) is 0 Å². The lowest BCUT2D eigenvalue weighted by atomic mass is 10.1. The van der Waals surface area contributed by atoms with E-state index >= 15 is 0 Å². The van der Waals surface area contributed by atoms with Gasteiger partial charge in [0.25, 0.3) is 0 Å². The summed E-state index contributed by atoms with van der Waals surface area (Å²) in [6, 6.07) is 24.3. The van der Waals surface area contributed by atoms with Crippen molar-refractivity contribution in [3.8, 4) is 5.75 Å². The second-order valence-corrected chi connectivity index (χ2v) is 7.35. The molecule has 0 amide bonds. The molecule has 1 N–H and O–H groups in total. The highest BCUT2D eigenvalue weighted by atomic mass is 79.9. The van der Waals surface area contributed by atoms with E-state index in [1.54, 1.807) is 0 Å². The van der Waals surface area contributed by atoms with E-state index in [1.165, 1.54) is 11.1 Å². The molecule has 4 heteroatoms. The molecule has 2 nitrogen and oxygen atoms in total. The average Bonchev–Trinajstić information content (AvgIpc) is 2.67. The molecule has 0 bridgehead atoms. The van der Waals surface area contributed by atoms with E-state index in [-0.39, 0.29) is 0 Å². The fourth-order valence-corrected chi connectivity index (χ4v) is 3.21. The van der Waals surface area contributed by atoms with Gasteiger partial charge in [-0.15, -0.1) is 0 Å². The first kappa shape index (κ1) is 18.6. The maximum Gasteiger partial charge on any atom is 0.130 e. The highest BCUT2D eigenvalue weighted by Gasteiger charge is 2.11. The minimum atomic E-state index is 0.510. The van der Waals surface area contributed by atoms with Gasteiger partial charge in [0.1, 0.15) is 17.3 Å². The Bertz CT molecular complexity index is 896. The maximum atomic E-state index is 6.03. The molecule has 3 aromatic carbocycles. The maximum absolute atomic E-state index is 6.03. The van der Waals surface area contributed by atoms with Crippen LogP contribution >= 0.6 is 28.1 Å². The van der Waals surface area contributed by atoms with Gasteiger partial charge in [0, 0.05) is 11.0 Å². The van der Waals surface area contributed by atoms with Gasteiger partial charge >= 0.3 is 0 Å². The predicted molar refractivity (Wildman–Crippen MR) is 115 cm³/mol. The van der Waals surface area contributed by atoms with Crippen molar-refractivity contribution in [1.29, 1.82) is 0 Å². The Morgan fingerprint density at radius 3 is 2.50 bits per heavy atom. The zero-order valence-corrected chi connectivity index (χ0v) is 16.9. The van der Waals surface area contributed by atoms with Gasteiger partial charge in [-0.3, -0.25) is 0 Å². The van der Waals surface area contributed by atoms with Gasteiger partial charge < -0.3 is 10.1 Å². The molecule has 0 aliphatic rings. The summed E-state index contributed by atoms with van der Waals surface area (Å²) in [7, 11) is 0. The molecule has 0 atom stereocenters. The molecule has 0 fully saturated rings. The van der Waals surface area contributed by atoms with Crippen molar-refractivity contribution in [2.24, 2.45) is 0 Å². The number of nitrogens with one attached hydrogen (secondary N) is 1. The molecule has 0 heterocycles. The van der Waals surface area contributed by atoms with Crippen molar-refractivity contribution in [2.75, 3.05) is 0 Å². The topological polar surface area (TPSA) is 21.3 Å². The number of ether oxygens (including phenoxy) is 1. The normalized spacial score (nSPS) is 10.4. The van der Waals surface area contributed by atoms with Crippen LogP contribution in [0.5, 0.6) is 5.75 Å². The molecular formula is C22H20BrNOS. The molecule has 132 valence electrons. The monoisotopic (exact) mass is 425 g/mol. The molecule has 3 rings (SSSR count). The van der Waals surface area contributed by atoms with Crippen LogP contribution in [0.15, 0.2) is 77.3 Å². The molecule has 0 spiro atoms. The van der Waals surface area contributed by atoms with Crippen LogP contribution in [0, 0.1) is 6.92 Å². The summed E-state index contributed by atoms with van der Waals surface area (Å²) in [6.07, 6.45) is 0. The number of benzene rings is 3. The number of aryl methyl sites for hydroxylation is 1. The van der Waals surface area contributed by atoms with Crippen LogP contribution in [0.3, 0.4) is 0 Å². The zero-order chi connectivity index (χ0) is 18.4. The lowest BCUT2D eigenvalue weighted by Crippen LogP contribution is -2.23. The van der Waals surface area contributed by atoms with Crippen LogP contribution < -0.4 is 10.1 Å². The van der Waals surface area contributed by atoms with E-state index in [2.05, 4.69) is 40.3 Å². The summed E-state index contributed by atoms with van der Waals surface area (Å²) < 4.78 is 7.00. The Kier molecular flexibility index (Phi) is 6.42. The zero-order valence-electron chi connectivity index (χ0n) is 14.5. The number of rotatable bonds is 6. The summed E-state index contributed by atoms with van der Waals surface area (Å²) in [6.45, 7) is 3.31. The van der Waals surface area contributed by atoms with E-state index in [4.69, 9.17) is 17.0 Å². The molecule has 0 aromatic heterocycles. The Hall–Kier alpha value is -2.17. The summed E-state index contributed by atoms with van der Waals surface area (Å²) in [4.78, 5) is 0.678. The van der Waals surface area contributed by atoms with Crippen molar-refractivity contribution in [1.82, 2.24) is 5.32 Å². The van der Waals surface area contributed by atoms with Gasteiger partial charge in [-0.05, 0) is 41.8 Å². The second kappa shape index (κ2) is 8.97. The highest BCUT2D eigenvalue weighted by molar-refractivity contribution is 9.10. The molecule has 0 radical (unpaired) electrons. The standard InChI is InChI=1S/C22H20BrNOS/c1-16-7-5-6-10-18(16)14-24-22(26)20-13-19(23)11-12-21(20)25-15-17-8-3-2-4-9-17/h2-13H,14-15H2,1H3,(H,24,26). The lowest BCUT2D eigenvalue weighted by molar-refractivity contribution is 0.305. The van der Waals surface area contributed by atoms with Gasteiger partial charge in [-0.1, -0.05) is 82.7 Å². The van der Waals surface area contributed by atoms with Crippen molar-refractivity contribution >= 4 is 33.1 Å². The van der Waals surface area contributed by atoms with Crippen LogP contribution in [-0.2, 0) is 13.2 Å². The summed E-state index contributed by atoms with van der Waals surface area (Å²) in [5.74, 6) is 0.777. The summed E-state index contributed by atoms with van der Waals surface area (Å²) >= 11 is 9.15. The minimum absolute atomic E-state index is 0.510. The third-order valence-electron chi connectivity index (χ3n) is 4.12. The van der Waals surface area contributed by atoms with Crippen LogP contribution in [-0.4, -0.2) is 4.99 Å². The smallest absolute Gasteiger partial charge is 0.130 e. The molecule has 0 unspecified atom stereocenters. The quantitative estimate of drug-likeness (QED) is 0.504. The van der Waals surface area contributed by atoms with Crippen LogP contribution in [0.1, 0.15) is 22.3 Å². The Balaban J connectivity index is 1.72. The van der Waals surface area contributed by atoms with Gasteiger partial charge in [0.05, 0.1) is 5.56 Å². The minimum Gasteiger partial charge on any atom is -0.488 e. The molecular weight excluding hydrogens is 406 g/mol. The summed E-state index contributed by atoms with van der Waals surface area (Å²) in [5.41, 5.74) is 4.49. The predicted octanol–water partition coefficient (Wildman–Crippen LogP) is 5.80. The Morgan fingerprint density at radius 1 is 1.00 bits per heavy atom. The van der Waals surface area contributed by atoms with Crippen molar-refractivity contribution in [3.05, 3.63) is 99.5 Å². The SMILES string of the molecule is Cc1ccccc1CNC(=S)c1cc(Br)ccc1OCc1ccccc1. The molecule has 0 saturated heterocycles. The number of thiocarbonyl (C=S) groups is 1. The first-order valence-corrected chi connectivity index (χ1v) is 9.62. The average molecular weight is 426 g/mol. The number of hydrogen-bond donors (Lipinski definition) is 1. The third-order valence-corrected chi connectivity index (χ3v) is 4.98. The fraction of sp³-hybridized carbons (Fsp3) is 0.136. The van der Waals surface area contributed by atoms with Gasteiger partial charge in [0.2, 0.25) is 0 Å². The van der Waals surface area contributed by atoms with Crippen molar-refractivity contribution in [2.45, 2.75) is 20.1 Å². The Morgan fingerprint density at radius 2 is 1.73 bits per heavy atom. The molecule has 3 aromatic rings. The third kappa shape index (κ3) is 4.93. The van der Waals surface area contributed by atoms with E-state index in [9.17, 15) is 0 Å². The van der Waals surface area contributed by atoms with Gasteiger partial charge in [-0.2, -0.15) is 0 Å². The second-order valence-electron chi connectivity index (χ2n) is 6.02. The van der Waals surface area contributed by atoms with Crippen LogP contribution in [0.4, 0.5) is 0 Å². The van der Waals surface area contributed by atoms with E-state index in [0.29, 0.717) is 18.1 Å². The van der Waals surface area contributed by atoms with Crippen molar-refractivity contribution < 1.29 is 4.74 Å². The van der Waals surface area contributed by atoms with Crippen LogP contribution in [0.2, 0.25) is 0 Å². The number of halogens is 1. The largest absolute Gasteiger partial charge is 0.488 e. The Labute approximate surface area is 168 Å². The molecule has 0 aliphatic carbocycles. The van der Waals surface area contributed by atoms with Crippen molar-refractivity contribution in [3.63, 3.8) is 0 Å². The lowest BCUT2D eigenvalue weighted by Gasteiger charge is -2.15. The first-order valence-electron chi connectivity index (χ1n) is 8.42. The molecule has 26 heavy (non-hydrogen) atoms. The molecule has 0 aliphatic heterocycles. The van der Waals surface area contributed by atoms with E-state index in [1.807, 2.05) is 60.7 Å².